The molecule has 0 fully saturated rings. The molecular weight excluding hydrogens is 250 g/mol. The normalized spacial score (nSPS) is 13.6. The van der Waals surface area contributed by atoms with Crippen LogP contribution in [0.3, 0.4) is 0 Å². The average Bonchev–Trinajstić information content (AvgIpc) is 2.37. The summed E-state index contributed by atoms with van der Waals surface area (Å²) in [6, 6.07) is 8.12. The number of oxime groups is 1. The summed E-state index contributed by atoms with van der Waals surface area (Å²) in [5.74, 6) is 0.290. The Balaban J connectivity index is 2.23. The fraction of sp³-hybridized carbons (Fsp3) is 0.462. The predicted molar refractivity (Wildman–Crippen MR) is 75.1 cm³/mol. The van der Waals surface area contributed by atoms with Crippen LogP contribution in [0, 0.1) is 0 Å². The molecule has 1 aromatic carbocycles. The lowest BCUT2D eigenvalue weighted by Crippen LogP contribution is -2.20. The number of rotatable bonds is 7. The summed E-state index contributed by atoms with van der Waals surface area (Å²) in [4.78, 5) is 0. The maximum atomic E-state index is 8.39. The molecule has 0 heterocycles. The lowest BCUT2D eigenvalue weighted by atomic mass is 10.1. The first-order chi connectivity index (χ1) is 8.63. The monoisotopic (exact) mass is 269 g/mol. The van der Waals surface area contributed by atoms with Gasteiger partial charge in [-0.25, -0.2) is 0 Å². The van der Waals surface area contributed by atoms with E-state index in [1.54, 1.807) is 0 Å². The summed E-state index contributed by atoms with van der Waals surface area (Å²) in [6.45, 7) is 3.00. The quantitative estimate of drug-likeness (QED) is 0.234. The van der Waals surface area contributed by atoms with Crippen LogP contribution in [0.4, 0.5) is 0 Å². The van der Waals surface area contributed by atoms with Crippen molar-refractivity contribution in [2.75, 3.05) is 6.54 Å². The van der Waals surface area contributed by atoms with Gasteiger partial charge in [-0.1, -0.05) is 28.9 Å². The smallest absolute Gasteiger partial charge is 0.139 e. The topological polar surface area (TPSA) is 70.6 Å². The predicted octanol–water partition coefficient (Wildman–Crippen LogP) is 2.91. The van der Waals surface area contributed by atoms with Crippen molar-refractivity contribution in [1.29, 1.82) is 0 Å². The SMILES string of the molecule is CC(NCCCCC(N)=NO)c1cccc(Cl)c1. The molecule has 1 atom stereocenters. The Morgan fingerprint density at radius 3 is 2.94 bits per heavy atom. The summed E-state index contributed by atoms with van der Waals surface area (Å²) in [5.41, 5.74) is 6.57. The van der Waals surface area contributed by atoms with Gasteiger partial charge in [-0.05, 0) is 44.0 Å². The van der Waals surface area contributed by atoms with Gasteiger partial charge >= 0.3 is 0 Å². The van der Waals surface area contributed by atoms with Gasteiger partial charge in [0.05, 0.1) is 0 Å². The second-order valence-corrected chi connectivity index (χ2v) is 4.72. The van der Waals surface area contributed by atoms with Gasteiger partial charge in [0.2, 0.25) is 0 Å². The van der Waals surface area contributed by atoms with Crippen LogP contribution in [-0.4, -0.2) is 17.6 Å². The second-order valence-electron chi connectivity index (χ2n) is 4.28. The maximum Gasteiger partial charge on any atom is 0.139 e. The average molecular weight is 270 g/mol. The van der Waals surface area contributed by atoms with Gasteiger partial charge < -0.3 is 16.3 Å². The van der Waals surface area contributed by atoms with Crippen molar-refractivity contribution in [3.63, 3.8) is 0 Å². The summed E-state index contributed by atoms with van der Waals surface area (Å²) in [6.07, 6.45) is 2.52. The Hall–Kier alpha value is -1.26. The molecule has 0 aliphatic carbocycles. The highest BCUT2D eigenvalue weighted by Gasteiger charge is 2.04. The third kappa shape index (κ3) is 5.38. The van der Waals surface area contributed by atoms with Crippen LogP contribution in [0.15, 0.2) is 29.4 Å². The molecule has 4 nitrogen and oxygen atoms in total. The molecule has 0 aromatic heterocycles. The van der Waals surface area contributed by atoms with Crippen molar-refractivity contribution in [3.8, 4) is 0 Å². The van der Waals surface area contributed by atoms with Crippen LogP contribution in [0.5, 0.6) is 0 Å². The fourth-order valence-electron chi connectivity index (χ4n) is 1.69. The van der Waals surface area contributed by atoms with Gasteiger partial charge in [0.1, 0.15) is 5.84 Å². The Labute approximate surface area is 113 Å². The molecule has 1 aromatic rings. The molecule has 0 saturated carbocycles. The zero-order valence-corrected chi connectivity index (χ0v) is 11.3. The van der Waals surface area contributed by atoms with E-state index < -0.39 is 0 Å². The van der Waals surface area contributed by atoms with Crippen LogP contribution in [0.25, 0.3) is 0 Å². The largest absolute Gasteiger partial charge is 0.409 e. The maximum absolute atomic E-state index is 8.39. The molecular formula is C13H20ClN3O. The van der Waals surface area contributed by atoms with Crippen LogP contribution in [0.1, 0.15) is 37.8 Å². The Morgan fingerprint density at radius 1 is 1.50 bits per heavy atom. The zero-order valence-electron chi connectivity index (χ0n) is 10.6. The van der Waals surface area contributed by atoms with E-state index in [-0.39, 0.29) is 11.9 Å². The molecule has 0 spiro atoms. The Bertz CT molecular complexity index is 396. The number of halogens is 1. The van der Waals surface area contributed by atoms with Gasteiger partial charge in [0.15, 0.2) is 0 Å². The number of unbranched alkanes of at least 4 members (excludes halogenated alkanes) is 1. The zero-order chi connectivity index (χ0) is 13.4. The Morgan fingerprint density at radius 2 is 2.28 bits per heavy atom. The van der Waals surface area contributed by atoms with Crippen molar-refractivity contribution < 1.29 is 5.21 Å². The van der Waals surface area contributed by atoms with Crippen LogP contribution < -0.4 is 11.1 Å². The molecule has 0 aliphatic heterocycles. The molecule has 0 bridgehead atoms. The minimum Gasteiger partial charge on any atom is -0.409 e. The lowest BCUT2D eigenvalue weighted by Gasteiger charge is -2.14. The number of nitrogens with two attached hydrogens (primary N) is 1. The number of hydrogen-bond donors (Lipinski definition) is 3. The molecule has 0 saturated heterocycles. The highest BCUT2D eigenvalue weighted by molar-refractivity contribution is 6.30. The van der Waals surface area contributed by atoms with Gasteiger partial charge in [-0.2, -0.15) is 0 Å². The molecule has 5 heteroatoms. The van der Waals surface area contributed by atoms with E-state index in [1.807, 2.05) is 18.2 Å². The van der Waals surface area contributed by atoms with Crippen molar-refractivity contribution in [3.05, 3.63) is 34.9 Å². The third-order valence-electron chi connectivity index (χ3n) is 2.79. The van der Waals surface area contributed by atoms with Gasteiger partial charge in [-0.15, -0.1) is 0 Å². The van der Waals surface area contributed by atoms with Crippen molar-refractivity contribution in [2.24, 2.45) is 10.9 Å². The van der Waals surface area contributed by atoms with E-state index in [1.165, 1.54) is 5.56 Å². The van der Waals surface area contributed by atoms with Gasteiger partial charge in [0, 0.05) is 17.5 Å². The Kier molecular flexibility index (Phi) is 6.54. The standard InChI is InChI=1S/C13H20ClN3O/c1-10(11-5-4-6-12(14)9-11)16-8-3-2-7-13(15)17-18/h4-6,9-10,16,18H,2-3,7-8H2,1H3,(H2,15,17). The third-order valence-corrected chi connectivity index (χ3v) is 3.02. The van der Waals surface area contributed by atoms with Crippen LogP contribution >= 0.6 is 11.6 Å². The molecule has 1 unspecified atom stereocenters. The number of hydrogen-bond acceptors (Lipinski definition) is 3. The highest BCUT2D eigenvalue weighted by Crippen LogP contribution is 2.17. The van der Waals surface area contributed by atoms with Crippen LogP contribution in [-0.2, 0) is 0 Å². The molecule has 100 valence electrons. The first-order valence-electron chi connectivity index (χ1n) is 6.08. The minimum atomic E-state index is 0.271. The summed E-state index contributed by atoms with van der Waals surface area (Å²) in [5, 5.41) is 15.5. The molecule has 0 aliphatic rings. The summed E-state index contributed by atoms with van der Waals surface area (Å²) >= 11 is 5.94. The van der Waals surface area contributed by atoms with Gasteiger partial charge in [-0.3, -0.25) is 0 Å². The number of nitrogens with zero attached hydrogens (tertiary/aromatic N) is 1. The van der Waals surface area contributed by atoms with E-state index in [9.17, 15) is 0 Å². The summed E-state index contributed by atoms with van der Waals surface area (Å²) < 4.78 is 0. The van der Waals surface area contributed by atoms with Crippen molar-refractivity contribution in [1.82, 2.24) is 5.32 Å². The fourth-order valence-corrected chi connectivity index (χ4v) is 1.89. The first kappa shape index (κ1) is 14.8. The van der Waals surface area contributed by atoms with E-state index in [2.05, 4.69) is 23.5 Å². The minimum absolute atomic E-state index is 0.271. The number of nitrogens with one attached hydrogen (secondary N) is 1. The van der Waals surface area contributed by atoms with Crippen molar-refractivity contribution >= 4 is 17.4 Å². The molecule has 18 heavy (non-hydrogen) atoms. The lowest BCUT2D eigenvalue weighted by molar-refractivity contribution is 0.316. The molecule has 1 rings (SSSR count). The second kappa shape index (κ2) is 7.95. The van der Waals surface area contributed by atoms with E-state index >= 15 is 0 Å². The van der Waals surface area contributed by atoms with E-state index in [0.29, 0.717) is 6.42 Å². The molecule has 0 radical (unpaired) electrons. The molecule has 4 N–H and O–H groups in total. The molecule has 0 amide bonds. The highest BCUT2D eigenvalue weighted by atomic mass is 35.5. The van der Waals surface area contributed by atoms with E-state index in [4.69, 9.17) is 22.5 Å². The van der Waals surface area contributed by atoms with Gasteiger partial charge in [0.25, 0.3) is 0 Å². The summed E-state index contributed by atoms with van der Waals surface area (Å²) in [7, 11) is 0. The van der Waals surface area contributed by atoms with Crippen LogP contribution in [0.2, 0.25) is 5.02 Å². The first-order valence-corrected chi connectivity index (χ1v) is 6.46. The van der Waals surface area contributed by atoms with Crippen molar-refractivity contribution in [2.45, 2.75) is 32.2 Å². The van der Waals surface area contributed by atoms with E-state index in [0.717, 1.165) is 24.4 Å². The number of benzene rings is 1. The number of amidine groups is 1.